The van der Waals surface area contributed by atoms with Gasteiger partial charge in [-0.05, 0) is 24.8 Å². The van der Waals surface area contributed by atoms with Gasteiger partial charge < -0.3 is 20.2 Å². The molecule has 3 atom stereocenters. The summed E-state index contributed by atoms with van der Waals surface area (Å²) in [5, 5.41) is 29.2. The van der Waals surface area contributed by atoms with Crippen LogP contribution >= 0.6 is 0 Å². The van der Waals surface area contributed by atoms with Crippen LogP contribution in [0.15, 0.2) is 18.5 Å². The summed E-state index contributed by atoms with van der Waals surface area (Å²) in [5.41, 5.74) is -0.584. The number of β-amino-alcohol motifs (C(OH)–C–C–N with tert-alkyl or cyclic N) is 2. The van der Waals surface area contributed by atoms with Gasteiger partial charge >= 0.3 is 6.18 Å². The van der Waals surface area contributed by atoms with E-state index in [1.807, 2.05) is 4.90 Å². The van der Waals surface area contributed by atoms with Crippen LogP contribution in [-0.4, -0.2) is 76.2 Å². The third-order valence-electron chi connectivity index (χ3n) is 5.16. The summed E-state index contributed by atoms with van der Waals surface area (Å²) in [5.74, 6) is 0.118. The van der Waals surface area contributed by atoms with Crippen molar-refractivity contribution in [1.82, 2.24) is 9.88 Å². The molecule has 2 unspecified atom stereocenters. The molecule has 3 N–H and O–H groups in total. The molecule has 6 nitrogen and oxygen atoms in total. The van der Waals surface area contributed by atoms with E-state index in [1.54, 1.807) is 4.90 Å². The van der Waals surface area contributed by atoms with Gasteiger partial charge in [-0.3, -0.25) is 9.88 Å². The molecule has 1 aromatic rings. The summed E-state index contributed by atoms with van der Waals surface area (Å²) in [6, 6.07) is 1.40. The molecule has 0 aliphatic carbocycles. The first-order valence-corrected chi connectivity index (χ1v) is 8.78. The van der Waals surface area contributed by atoms with E-state index in [4.69, 9.17) is 0 Å². The van der Waals surface area contributed by atoms with Gasteiger partial charge in [-0.1, -0.05) is 0 Å². The van der Waals surface area contributed by atoms with Crippen molar-refractivity contribution in [2.45, 2.75) is 37.3 Å². The van der Waals surface area contributed by atoms with Gasteiger partial charge in [0.1, 0.15) is 6.10 Å². The zero-order valence-corrected chi connectivity index (χ0v) is 14.3. The standard InChI is InChI=1S/C17H24F3N3O3/c18-17(19,20)12-6-21-4-3-13(12)23-5-1-2-11(8-23)7-22-9-14(24)16(26)15(25)10-22/h3-4,6,11,14-16,24-26H,1-2,5,7-10H2/t11-,14?,15?,16?/m1/s1. The smallest absolute Gasteiger partial charge is 0.389 e. The minimum atomic E-state index is -4.45. The monoisotopic (exact) mass is 375 g/mol. The lowest BCUT2D eigenvalue weighted by Gasteiger charge is -2.41. The molecule has 0 saturated carbocycles. The summed E-state index contributed by atoms with van der Waals surface area (Å²) in [6.45, 7) is 2.07. The third kappa shape index (κ3) is 4.28. The molecule has 0 aromatic carbocycles. The van der Waals surface area contributed by atoms with Crippen LogP contribution in [0.3, 0.4) is 0 Å². The number of likely N-dealkylation sites (tertiary alicyclic amines) is 1. The van der Waals surface area contributed by atoms with E-state index in [-0.39, 0.29) is 24.7 Å². The Morgan fingerprint density at radius 2 is 1.81 bits per heavy atom. The van der Waals surface area contributed by atoms with Crippen molar-refractivity contribution >= 4 is 5.69 Å². The SMILES string of the molecule is OC1CN(C[C@H]2CCCN(c3ccncc3C(F)(F)F)C2)CC(O)C1O. The molecule has 2 saturated heterocycles. The van der Waals surface area contributed by atoms with E-state index in [1.165, 1.54) is 12.3 Å². The van der Waals surface area contributed by atoms with Crippen molar-refractivity contribution < 1.29 is 28.5 Å². The Labute approximate surface area is 149 Å². The maximum atomic E-state index is 13.2. The van der Waals surface area contributed by atoms with E-state index in [2.05, 4.69) is 4.98 Å². The van der Waals surface area contributed by atoms with Gasteiger partial charge in [0, 0.05) is 45.1 Å². The van der Waals surface area contributed by atoms with Crippen molar-refractivity contribution in [3.63, 3.8) is 0 Å². The molecule has 146 valence electrons. The lowest BCUT2D eigenvalue weighted by molar-refractivity contribution is -0.137. The summed E-state index contributed by atoms with van der Waals surface area (Å²) in [7, 11) is 0. The Bertz CT molecular complexity index is 604. The normalized spacial score (nSPS) is 31.2. The number of halogens is 3. The van der Waals surface area contributed by atoms with Gasteiger partial charge in [0.2, 0.25) is 0 Å². The van der Waals surface area contributed by atoms with E-state index in [9.17, 15) is 28.5 Å². The van der Waals surface area contributed by atoms with Crippen LogP contribution in [0.5, 0.6) is 0 Å². The lowest BCUT2D eigenvalue weighted by Crippen LogP contribution is -2.56. The van der Waals surface area contributed by atoms with Crippen molar-refractivity contribution in [2.75, 3.05) is 37.6 Å². The second-order valence-electron chi connectivity index (χ2n) is 7.19. The highest BCUT2D eigenvalue weighted by Crippen LogP contribution is 2.37. The number of pyridine rings is 1. The molecule has 2 aliphatic rings. The predicted molar refractivity (Wildman–Crippen MR) is 88.6 cm³/mol. The predicted octanol–water partition coefficient (Wildman–Crippen LogP) is 0.715. The molecular formula is C17H24F3N3O3. The average Bonchev–Trinajstić information content (AvgIpc) is 2.59. The number of rotatable bonds is 3. The van der Waals surface area contributed by atoms with Gasteiger partial charge in [-0.15, -0.1) is 0 Å². The molecule has 0 radical (unpaired) electrons. The topological polar surface area (TPSA) is 80.1 Å². The van der Waals surface area contributed by atoms with Crippen molar-refractivity contribution in [1.29, 1.82) is 0 Å². The van der Waals surface area contributed by atoms with Gasteiger partial charge in [0.25, 0.3) is 0 Å². The molecule has 1 aromatic heterocycles. The summed E-state index contributed by atoms with van der Waals surface area (Å²) in [6.07, 6.45) is -3.77. The Balaban J connectivity index is 1.67. The molecule has 3 rings (SSSR count). The van der Waals surface area contributed by atoms with Crippen LogP contribution in [0.1, 0.15) is 18.4 Å². The zero-order valence-electron chi connectivity index (χ0n) is 14.3. The van der Waals surface area contributed by atoms with Crippen LogP contribution in [0.4, 0.5) is 18.9 Å². The molecule has 9 heteroatoms. The average molecular weight is 375 g/mol. The highest BCUT2D eigenvalue weighted by atomic mass is 19.4. The molecule has 3 heterocycles. The molecule has 0 spiro atoms. The number of anilines is 1. The highest BCUT2D eigenvalue weighted by molar-refractivity contribution is 5.54. The lowest BCUT2D eigenvalue weighted by atomic mass is 9.94. The number of piperidine rings is 2. The first-order valence-electron chi connectivity index (χ1n) is 8.78. The number of nitrogens with zero attached hydrogens (tertiary/aromatic N) is 3. The van der Waals surface area contributed by atoms with Crippen LogP contribution in [0.25, 0.3) is 0 Å². The molecule has 0 amide bonds. The quantitative estimate of drug-likeness (QED) is 0.722. The maximum absolute atomic E-state index is 13.2. The van der Waals surface area contributed by atoms with E-state index in [0.717, 1.165) is 19.0 Å². The van der Waals surface area contributed by atoms with Crippen molar-refractivity contribution in [3.05, 3.63) is 24.0 Å². The first-order chi connectivity index (χ1) is 12.3. The Morgan fingerprint density at radius 3 is 2.46 bits per heavy atom. The Kier molecular flexibility index (Phi) is 5.71. The maximum Gasteiger partial charge on any atom is 0.419 e. The number of alkyl halides is 3. The number of aliphatic hydroxyl groups is 3. The first kappa shape index (κ1) is 19.3. The second kappa shape index (κ2) is 7.67. The largest absolute Gasteiger partial charge is 0.419 e. The van der Waals surface area contributed by atoms with E-state index >= 15 is 0 Å². The zero-order chi connectivity index (χ0) is 18.9. The fourth-order valence-corrected chi connectivity index (χ4v) is 3.90. The van der Waals surface area contributed by atoms with Crippen LogP contribution in [-0.2, 0) is 6.18 Å². The highest BCUT2D eigenvalue weighted by Gasteiger charge is 2.37. The fraction of sp³-hybridized carbons (Fsp3) is 0.706. The van der Waals surface area contributed by atoms with Gasteiger partial charge in [-0.25, -0.2) is 0 Å². The van der Waals surface area contributed by atoms with Crippen LogP contribution in [0.2, 0.25) is 0 Å². The molecule has 2 aliphatic heterocycles. The summed E-state index contributed by atoms with van der Waals surface area (Å²) >= 11 is 0. The molecular weight excluding hydrogens is 351 g/mol. The molecule has 0 bridgehead atoms. The van der Waals surface area contributed by atoms with Crippen molar-refractivity contribution in [2.24, 2.45) is 5.92 Å². The van der Waals surface area contributed by atoms with Crippen LogP contribution < -0.4 is 4.90 Å². The van der Waals surface area contributed by atoms with E-state index in [0.29, 0.717) is 19.6 Å². The number of hydrogen-bond donors (Lipinski definition) is 3. The minimum Gasteiger partial charge on any atom is -0.389 e. The summed E-state index contributed by atoms with van der Waals surface area (Å²) < 4.78 is 39.7. The number of aliphatic hydroxyl groups excluding tert-OH is 3. The Hall–Kier alpha value is -1.42. The fourth-order valence-electron chi connectivity index (χ4n) is 3.90. The second-order valence-corrected chi connectivity index (χ2v) is 7.19. The number of aromatic nitrogens is 1. The Morgan fingerprint density at radius 1 is 1.12 bits per heavy atom. The third-order valence-corrected chi connectivity index (χ3v) is 5.16. The van der Waals surface area contributed by atoms with Gasteiger partial charge in [0.15, 0.2) is 0 Å². The van der Waals surface area contributed by atoms with Gasteiger partial charge in [0.05, 0.1) is 23.5 Å². The van der Waals surface area contributed by atoms with Crippen molar-refractivity contribution in [3.8, 4) is 0 Å². The minimum absolute atomic E-state index is 0.118. The number of hydrogen-bond acceptors (Lipinski definition) is 6. The van der Waals surface area contributed by atoms with Gasteiger partial charge in [-0.2, -0.15) is 13.2 Å². The molecule has 26 heavy (non-hydrogen) atoms. The van der Waals surface area contributed by atoms with E-state index < -0.39 is 30.1 Å². The molecule has 2 fully saturated rings. The summed E-state index contributed by atoms with van der Waals surface area (Å²) in [4.78, 5) is 7.22. The van der Waals surface area contributed by atoms with Crippen LogP contribution in [0, 0.1) is 5.92 Å².